The third-order valence-corrected chi connectivity index (χ3v) is 5.11. The van der Waals surface area contributed by atoms with Gasteiger partial charge in [0.2, 0.25) is 0 Å². The van der Waals surface area contributed by atoms with Crippen LogP contribution in [0, 0.1) is 0 Å². The lowest BCUT2D eigenvalue weighted by Gasteiger charge is -2.08. The van der Waals surface area contributed by atoms with Crippen molar-refractivity contribution in [2.45, 2.75) is 13.7 Å². The Morgan fingerprint density at radius 1 is 1.71 bits per heavy atom. The first kappa shape index (κ1) is 7.92. The lowest BCUT2D eigenvalue weighted by Crippen LogP contribution is -1.92. The molecule has 0 nitrogen and oxygen atoms in total. The largest absolute Gasteiger partial charge is 0.189 e. The molecule has 0 aromatic rings. The monoisotopic (exact) mass is 134 g/mol. The Hall–Kier alpha value is 0.925. The summed E-state index contributed by atoms with van der Waals surface area (Å²) < 4.78 is 0. The minimum absolute atomic E-state index is 0.326. The van der Waals surface area contributed by atoms with Crippen LogP contribution in [0.5, 0.6) is 0 Å². The van der Waals surface area contributed by atoms with E-state index in [1.807, 2.05) is 0 Å². The molecule has 0 aliphatic carbocycles. The van der Waals surface area contributed by atoms with Gasteiger partial charge in [0.25, 0.3) is 0 Å². The Morgan fingerprint density at radius 3 is 2.14 bits per heavy atom. The van der Waals surface area contributed by atoms with Crippen LogP contribution in [0.4, 0.5) is 0 Å². The highest BCUT2D eigenvalue weighted by Crippen LogP contribution is 2.36. The van der Waals surface area contributed by atoms with Crippen LogP contribution in [-0.2, 0) is 0 Å². The molecule has 0 N–H and O–H groups in total. The van der Waals surface area contributed by atoms with Crippen molar-refractivity contribution in [3.8, 4) is 0 Å². The molecule has 0 aromatic heterocycles. The van der Waals surface area contributed by atoms with Crippen LogP contribution in [0.2, 0.25) is 6.82 Å². The topological polar surface area (TPSA) is 0 Å². The van der Waals surface area contributed by atoms with Crippen LogP contribution in [0.3, 0.4) is 0 Å². The van der Waals surface area contributed by atoms with E-state index in [1.165, 1.54) is 6.16 Å². The molecule has 0 saturated heterocycles. The standard InChI is InChI=1S/C4H13BP2/c1-4-7(3)5(2)6/h4,6H2,1-3H3. The smallest absolute Gasteiger partial charge is 0.166 e. The molecule has 0 fully saturated rings. The summed E-state index contributed by atoms with van der Waals surface area (Å²) in [4.78, 5) is 0. The molecule has 0 radical (unpaired) electrons. The van der Waals surface area contributed by atoms with Gasteiger partial charge in [0.15, 0.2) is 6.15 Å². The van der Waals surface area contributed by atoms with Crippen molar-refractivity contribution in [2.24, 2.45) is 0 Å². The van der Waals surface area contributed by atoms with Gasteiger partial charge in [-0.1, -0.05) is 20.4 Å². The fraction of sp³-hybridized carbons (Fsp3) is 1.00. The highest BCUT2D eigenvalue weighted by Gasteiger charge is 2.04. The Balaban J connectivity index is 3.14. The van der Waals surface area contributed by atoms with Crippen LogP contribution in [0.25, 0.3) is 0 Å². The van der Waals surface area contributed by atoms with Crippen molar-refractivity contribution >= 4 is 23.1 Å². The van der Waals surface area contributed by atoms with E-state index in [2.05, 4.69) is 29.5 Å². The van der Waals surface area contributed by atoms with Crippen LogP contribution < -0.4 is 0 Å². The molecule has 42 valence electrons. The highest BCUT2D eigenvalue weighted by atomic mass is 31.1. The quantitative estimate of drug-likeness (QED) is 0.400. The predicted octanol–water partition coefficient (Wildman–Crippen LogP) is 2.11. The summed E-state index contributed by atoms with van der Waals surface area (Å²) in [5.41, 5.74) is 0. The van der Waals surface area contributed by atoms with Crippen LogP contribution in [0.15, 0.2) is 0 Å². The maximum absolute atomic E-state index is 2.85. The van der Waals surface area contributed by atoms with E-state index < -0.39 is 0 Å². The summed E-state index contributed by atoms with van der Waals surface area (Å²) in [6.07, 6.45) is 2.21. The first-order valence-electron chi connectivity index (χ1n) is 2.64. The molecular weight excluding hydrogens is 121 g/mol. The van der Waals surface area contributed by atoms with E-state index in [-0.39, 0.29) is 0 Å². The van der Waals surface area contributed by atoms with E-state index >= 15 is 0 Å². The number of hydrogen-bond donors (Lipinski definition) is 0. The molecule has 7 heavy (non-hydrogen) atoms. The zero-order valence-corrected chi connectivity index (χ0v) is 7.36. The molecule has 0 amide bonds. The third kappa shape index (κ3) is 3.50. The van der Waals surface area contributed by atoms with Gasteiger partial charge in [0.1, 0.15) is 0 Å². The Kier molecular flexibility index (Phi) is 4.38. The van der Waals surface area contributed by atoms with Gasteiger partial charge in [-0.3, -0.25) is 0 Å². The molecule has 0 rings (SSSR count). The molecule has 3 heteroatoms. The zero-order valence-electron chi connectivity index (χ0n) is 5.31. The van der Waals surface area contributed by atoms with Gasteiger partial charge in [0, 0.05) is 0 Å². The van der Waals surface area contributed by atoms with E-state index in [0.717, 1.165) is 6.15 Å². The lowest BCUT2D eigenvalue weighted by atomic mass is 10.2. The Bertz CT molecular complexity index is 47.0. The van der Waals surface area contributed by atoms with Gasteiger partial charge in [-0.15, -0.1) is 7.80 Å². The van der Waals surface area contributed by atoms with Crippen LogP contribution in [0.1, 0.15) is 6.92 Å². The first-order valence-corrected chi connectivity index (χ1v) is 5.35. The van der Waals surface area contributed by atoms with Crippen molar-refractivity contribution in [3.05, 3.63) is 0 Å². The predicted molar refractivity (Wildman–Crippen MR) is 44.7 cm³/mol. The summed E-state index contributed by atoms with van der Waals surface area (Å²) >= 11 is 0. The zero-order chi connectivity index (χ0) is 5.86. The van der Waals surface area contributed by atoms with E-state index in [1.54, 1.807) is 0 Å². The average molecular weight is 134 g/mol. The normalized spacial score (nSPS) is 13.7. The summed E-state index contributed by atoms with van der Waals surface area (Å²) in [7, 11) is 3.17. The maximum atomic E-state index is 2.85. The maximum Gasteiger partial charge on any atom is 0.189 e. The second-order valence-corrected chi connectivity index (χ2v) is 6.34. The van der Waals surface area contributed by atoms with Gasteiger partial charge < -0.3 is 0 Å². The highest BCUT2D eigenvalue weighted by molar-refractivity contribution is 8.08. The minimum atomic E-state index is 0.326. The molecule has 2 atom stereocenters. The van der Waals surface area contributed by atoms with E-state index in [4.69, 9.17) is 0 Å². The molecule has 0 aromatic carbocycles. The summed E-state index contributed by atoms with van der Waals surface area (Å²) in [5.74, 6) is 0. The van der Waals surface area contributed by atoms with Crippen molar-refractivity contribution in [3.63, 3.8) is 0 Å². The summed E-state index contributed by atoms with van der Waals surface area (Å²) in [5, 5.41) is 0. The van der Waals surface area contributed by atoms with Gasteiger partial charge in [0.05, 0.1) is 0 Å². The van der Waals surface area contributed by atoms with Gasteiger partial charge >= 0.3 is 0 Å². The van der Waals surface area contributed by atoms with Gasteiger partial charge in [-0.2, -0.15) is 9.12 Å². The number of hydrogen-bond acceptors (Lipinski definition) is 0. The first-order chi connectivity index (χ1) is 3.18. The SMILES string of the molecule is CCP(C)B(C)P. The molecule has 0 spiro atoms. The van der Waals surface area contributed by atoms with Gasteiger partial charge in [-0.25, -0.2) is 0 Å². The second-order valence-electron chi connectivity index (χ2n) is 1.81. The van der Waals surface area contributed by atoms with Crippen molar-refractivity contribution in [1.82, 2.24) is 0 Å². The van der Waals surface area contributed by atoms with E-state index in [9.17, 15) is 0 Å². The molecular formula is C4H13BP2. The fourth-order valence-electron chi connectivity index (χ4n) is 0.288. The molecule has 0 aliphatic rings. The average Bonchev–Trinajstić information content (AvgIpc) is 1.65. The molecule has 2 unspecified atom stereocenters. The molecule has 0 saturated carbocycles. The van der Waals surface area contributed by atoms with Crippen LogP contribution in [-0.4, -0.2) is 19.0 Å². The van der Waals surface area contributed by atoms with Crippen molar-refractivity contribution in [1.29, 1.82) is 0 Å². The van der Waals surface area contributed by atoms with E-state index in [0.29, 0.717) is 7.80 Å². The molecule has 0 bridgehead atoms. The Morgan fingerprint density at radius 2 is 2.14 bits per heavy atom. The van der Waals surface area contributed by atoms with Gasteiger partial charge in [-0.05, 0) is 6.16 Å². The van der Waals surface area contributed by atoms with Crippen molar-refractivity contribution < 1.29 is 0 Å². The second kappa shape index (κ2) is 3.87. The Labute approximate surface area is 50.4 Å². The van der Waals surface area contributed by atoms with Crippen molar-refractivity contribution in [2.75, 3.05) is 12.8 Å². The lowest BCUT2D eigenvalue weighted by molar-refractivity contribution is 1.51. The third-order valence-electron chi connectivity index (χ3n) is 1.19. The fourth-order valence-corrected chi connectivity index (χ4v) is 1.50. The number of rotatable bonds is 2. The van der Waals surface area contributed by atoms with Crippen LogP contribution >= 0.6 is 16.9 Å². The molecule has 0 heterocycles. The summed E-state index contributed by atoms with van der Waals surface area (Å²) in [6, 6.07) is 0. The minimum Gasteiger partial charge on any atom is -0.166 e. The summed E-state index contributed by atoms with van der Waals surface area (Å²) in [6.45, 7) is 6.86. The molecule has 0 aliphatic heterocycles.